The number of amides is 1. The Morgan fingerprint density at radius 2 is 2.05 bits per heavy atom. The lowest BCUT2D eigenvalue weighted by Crippen LogP contribution is -2.41. The van der Waals surface area contributed by atoms with Gasteiger partial charge in [0.25, 0.3) is 0 Å². The summed E-state index contributed by atoms with van der Waals surface area (Å²) < 4.78 is 47.1. The molecule has 0 radical (unpaired) electrons. The summed E-state index contributed by atoms with van der Waals surface area (Å²) in [6, 6.07) is 11.6. The van der Waals surface area contributed by atoms with E-state index < -0.39 is 23.9 Å². The highest BCUT2D eigenvalue weighted by Crippen LogP contribution is 2.35. The summed E-state index contributed by atoms with van der Waals surface area (Å²) in [5.74, 6) is 0.980. The normalized spacial score (nSPS) is 17.2. The molecule has 9 nitrogen and oxygen atoms in total. The molecule has 40 heavy (non-hydrogen) atoms. The predicted molar refractivity (Wildman–Crippen MR) is 144 cm³/mol. The maximum atomic E-state index is 13.1. The molecular formula is C28H29F3N6O3. The first-order valence-corrected chi connectivity index (χ1v) is 13.0. The van der Waals surface area contributed by atoms with E-state index in [-0.39, 0.29) is 11.7 Å². The average Bonchev–Trinajstić information content (AvgIpc) is 3.56. The topological polar surface area (TPSA) is 113 Å². The Morgan fingerprint density at radius 1 is 1.20 bits per heavy atom. The molecule has 3 heterocycles. The van der Waals surface area contributed by atoms with Crippen molar-refractivity contribution in [1.29, 1.82) is 0 Å². The van der Waals surface area contributed by atoms with Crippen LogP contribution in [0.25, 0.3) is 11.0 Å². The van der Waals surface area contributed by atoms with Gasteiger partial charge in [-0.2, -0.15) is 13.2 Å². The molecule has 1 fully saturated rings. The van der Waals surface area contributed by atoms with Crippen molar-refractivity contribution < 1.29 is 27.8 Å². The van der Waals surface area contributed by atoms with Crippen molar-refractivity contribution in [2.45, 2.75) is 44.6 Å². The molecule has 0 aliphatic carbocycles. The minimum absolute atomic E-state index is 0.104. The summed E-state index contributed by atoms with van der Waals surface area (Å²) in [5, 5.41) is 18.8. The molecule has 0 bridgehead atoms. The Balaban J connectivity index is 1.30. The number of rotatable bonds is 9. The quantitative estimate of drug-likeness (QED) is 0.243. The molecule has 4 aromatic rings. The number of aliphatic hydroxyl groups excluding tert-OH is 1. The SMILES string of the molecule is CCc1cc(Nc2ncnc3ccn(CCNC(=O)C4CC(O)CN4)c23)ccc1Oc1cccc(C(F)(F)F)c1. The molecular weight excluding hydrogens is 525 g/mol. The molecule has 1 aliphatic heterocycles. The van der Waals surface area contributed by atoms with Gasteiger partial charge in [0.05, 0.1) is 23.2 Å². The van der Waals surface area contributed by atoms with Gasteiger partial charge in [0.2, 0.25) is 5.91 Å². The van der Waals surface area contributed by atoms with E-state index in [1.165, 1.54) is 18.5 Å². The summed E-state index contributed by atoms with van der Waals surface area (Å²) in [5.41, 5.74) is 2.24. The third-order valence-corrected chi connectivity index (χ3v) is 6.72. The van der Waals surface area contributed by atoms with Gasteiger partial charge in [0.15, 0.2) is 5.82 Å². The van der Waals surface area contributed by atoms with Crippen molar-refractivity contribution in [3.63, 3.8) is 0 Å². The van der Waals surface area contributed by atoms with E-state index in [0.29, 0.717) is 44.0 Å². The fourth-order valence-corrected chi connectivity index (χ4v) is 4.68. The zero-order valence-corrected chi connectivity index (χ0v) is 21.7. The van der Waals surface area contributed by atoms with Crippen LogP contribution in [0, 0.1) is 0 Å². The highest BCUT2D eigenvalue weighted by atomic mass is 19.4. The molecule has 2 atom stereocenters. The number of carbonyl (C=O) groups is 1. The van der Waals surface area contributed by atoms with E-state index in [0.717, 1.165) is 34.4 Å². The largest absolute Gasteiger partial charge is 0.457 e. The number of benzene rings is 2. The van der Waals surface area contributed by atoms with E-state index in [1.807, 2.05) is 29.8 Å². The monoisotopic (exact) mass is 554 g/mol. The van der Waals surface area contributed by atoms with Crippen LogP contribution in [0.2, 0.25) is 0 Å². The lowest BCUT2D eigenvalue weighted by atomic mass is 10.1. The van der Waals surface area contributed by atoms with Crippen LogP contribution in [-0.2, 0) is 23.9 Å². The number of nitrogens with one attached hydrogen (secondary N) is 3. The fraction of sp³-hybridized carbons (Fsp3) is 0.321. The van der Waals surface area contributed by atoms with Crippen molar-refractivity contribution in [2.75, 3.05) is 18.4 Å². The van der Waals surface area contributed by atoms with Crippen LogP contribution < -0.4 is 20.7 Å². The molecule has 2 aromatic heterocycles. The maximum absolute atomic E-state index is 13.1. The Kier molecular flexibility index (Phi) is 7.90. The van der Waals surface area contributed by atoms with Gasteiger partial charge >= 0.3 is 6.18 Å². The molecule has 2 aromatic carbocycles. The van der Waals surface area contributed by atoms with Crippen LogP contribution >= 0.6 is 0 Å². The van der Waals surface area contributed by atoms with Crippen LogP contribution in [-0.4, -0.2) is 50.8 Å². The number of alkyl halides is 3. The number of aromatic nitrogens is 3. The summed E-state index contributed by atoms with van der Waals surface area (Å²) >= 11 is 0. The first-order chi connectivity index (χ1) is 19.2. The van der Waals surface area contributed by atoms with Gasteiger partial charge in [-0.3, -0.25) is 4.79 Å². The van der Waals surface area contributed by atoms with Gasteiger partial charge in [0.1, 0.15) is 23.3 Å². The molecule has 1 aliphatic rings. The maximum Gasteiger partial charge on any atom is 0.416 e. The lowest BCUT2D eigenvalue weighted by molar-refractivity contribution is -0.137. The van der Waals surface area contributed by atoms with Crippen molar-refractivity contribution in [2.24, 2.45) is 0 Å². The van der Waals surface area contributed by atoms with Crippen LogP contribution in [0.1, 0.15) is 24.5 Å². The minimum atomic E-state index is -4.45. The standard InChI is InChI=1S/C28H29F3N6O3/c1-2-17-12-19(6-7-24(17)40-21-5-3-4-18(13-21)28(29,30)31)36-26-25-22(34-16-35-26)8-10-37(25)11-9-32-27(39)23-14-20(38)15-33-23/h3-8,10,12-13,16,20,23,33,38H,2,9,11,14-15H2,1H3,(H,32,39)(H,34,35,36). The number of β-amino-alcohol motifs (C(OH)–C–C–N with tert-alkyl or cyclic N) is 1. The first-order valence-electron chi connectivity index (χ1n) is 13.0. The predicted octanol–water partition coefficient (Wildman–Crippen LogP) is 4.39. The molecule has 210 valence electrons. The molecule has 1 saturated heterocycles. The molecule has 5 rings (SSSR count). The van der Waals surface area contributed by atoms with Crippen LogP contribution in [0.3, 0.4) is 0 Å². The molecule has 1 amide bonds. The summed E-state index contributed by atoms with van der Waals surface area (Å²) in [6.45, 7) is 3.20. The summed E-state index contributed by atoms with van der Waals surface area (Å²) in [6.07, 6.45) is -0.652. The first kappa shape index (κ1) is 27.4. The fourth-order valence-electron chi connectivity index (χ4n) is 4.68. The van der Waals surface area contributed by atoms with Crippen LogP contribution in [0.4, 0.5) is 24.7 Å². The number of fused-ring (bicyclic) bond motifs is 1. The zero-order valence-electron chi connectivity index (χ0n) is 21.7. The van der Waals surface area contributed by atoms with Gasteiger partial charge in [-0.1, -0.05) is 13.0 Å². The number of carbonyl (C=O) groups excluding carboxylic acids is 1. The number of hydrogen-bond acceptors (Lipinski definition) is 7. The number of halogens is 3. The number of hydrogen-bond donors (Lipinski definition) is 4. The highest BCUT2D eigenvalue weighted by Gasteiger charge is 2.31. The third kappa shape index (κ3) is 6.18. The molecule has 0 spiro atoms. The zero-order chi connectivity index (χ0) is 28.3. The van der Waals surface area contributed by atoms with Crippen molar-refractivity contribution >= 4 is 28.4 Å². The van der Waals surface area contributed by atoms with Crippen LogP contribution in [0.15, 0.2) is 61.1 Å². The van der Waals surface area contributed by atoms with Crippen molar-refractivity contribution in [1.82, 2.24) is 25.2 Å². The third-order valence-electron chi connectivity index (χ3n) is 6.72. The highest BCUT2D eigenvalue weighted by molar-refractivity contribution is 5.88. The average molecular weight is 555 g/mol. The minimum Gasteiger partial charge on any atom is -0.457 e. The second-order valence-corrected chi connectivity index (χ2v) is 9.54. The Morgan fingerprint density at radius 3 is 2.80 bits per heavy atom. The second-order valence-electron chi connectivity index (χ2n) is 9.54. The van der Waals surface area contributed by atoms with E-state index in [4.69, 9.17) is 4.74 Å². The van der Waals surface area contributed by atoms with E-state index in [2.05, 4.69) is 25.9 Å². The molecule has 0 saturated carbocycles. The Labute approximate surface area is 228 Å². The smallest absolute Gasteiger partial charge is 0.416 e. The summed E-state index contributed by atoms with van der Waals surface area (Å²) in [7, 11) is 0. The van der Waals surface area contributed by atoms with E-state index >= 15 is 0 Å². The van der Waals surface area contributed by atoms with Gasteiger partial charge in [0, 0.05) is 31.5 Å². The molecule has 4 N–H and O–H groups in total. The Hall–Kier alpha value is -4.16. The number of ether oxygens (including phenoxy) is 1. The second kappa shape index (κ2) is 11.5. The Bertz CT molecular complexity index is 1510. The molecule has 12 heteroatoms. The van der Waals surface area contributed by atoms with E-state index in [1.54, 1.807) is 12.1 Å². The van der Waals surface area contributed by atoms with Crippen LogP contribution in [0.5, 0.6) is 11.5 Å². The van der Waals surface area contributed by atoms with Crippen molar-refractivity contribution in [3.8, 4) is 11.5 Å². The number of nitrogens with zero attached hydrogens (tertiary/aromatic N) is 3. The lowest BCUT2D eigenvalue weighted by Gasteiger charge is -2.15. The van der Waals surface area contributed by atoms with Gasteiger partial charge in [-0.15, -0.1) is 0 Å². The number of anilines is 2. The number of aliphatic hydroxyl groups is 1. The van der Waals surface area contributed by atoms with Gasteiger partial charge in [-0.25, -0.2) is 9.97 Å². The van der Waals surface area contributed by atoms with Crippen molar-refractivity contribution in [3.05, 3.63) is 72.2 Å². The van der Waals surface area contributed by atoms with E-state index in [9.17, 15) is 23.1 Å². The van der Waals surface area contributed by atoms with Gasteiger partial charge in [-0.05, 0) is 60.9 Å². The molecule has 2 unspecified atom stereocenters. The number of aryl methyl sites for hydroxylation is 1. The van der Waals surface area contributed by atoms with Gasteiger partial charge < -0.3 is 30.4 Å². The summed E-state index contributed by atoms with van der Waals surface area (Å²) in [4.78, 5) is 21.1.